The first-order valence-electron chi connectivity index (χ1n) is 10.1. The number of amides is 3. The number of nitrogens with zero attached hydrogens (tertiary/aromatic N) is 1. The molecule has 2 N–H and O–H groups in total. The van der Waals surface area contributed by atoms with E-state index in [9.17, 15) is 24.3 Å². The van der Waals surface area contributed by atoms with Crippen LogP contribution in [0.3, 0.4) is 0 Å². The van der Waals surface area contributed by atoms with Crippen molar-refractivity contribution < 1.29 is 24.3 Å². The smallest absolute Gasteiger partial charge is 0.306 e. The quantitative estimate of drug-likeness (QED) is 0.743. The fourth-order valence-electron chi connectivity index (χ4n) is 4.29. The van der Waals surface area contributed by atoms with Crippen LogP contribution in [0.25, 0.3) is 0 Å². The molecule has 2 atom stereocenters. The van der Waals surface area contributed by atoms with Crippen molar-refractivity contribution >= 4 is 29.4 Å². The minimum Gasteiger partial charge on any atom is -0.481 e. The van der Waals surface area contributed by atoms with Crippen LogP contribution in [0.4, 0.5) is 5.69 Å². The summed E-state index contributed by atoms with van der Waals surface area (Å²) >= 11 is 0. The van der Waals surface area contributed by atoms with Gasteiger partial charge in [-0.25, -0.2) is 4.90 Å². The van der Waals surface area contributed by atoms with Gasteiger partial charge in [0.25, 0.3) is 17.7 Å². The number of benzene rings is 2. The van der Waals surface area contributed by atoms with Gasteiger partial charge < -0.3 is 10.4 Å². The SMILES string of the molecule is O=C(NC[C@@H]1CCCC[C@@H]1C(=O)O)c1ccc(N2C(=O)c3ccccc3C2=O)cc1. The largest absolute Gasteiger partial charge is 0.481 e. The summed E-state index contributed by atoms with van der Waals surface area (Å²) in [4.78, 5) is 50.1. The van der Waals surface area contributed by atoms with Gasteiger partial charge in [0.2, 0.25) is 0 Å². The molecule has 2 aromatic rings. The highest BCUT2D eigenvalue weighted by molar-refractivity contribution is 6.34. The molecule has 0 spiro atoms. The molecule has 0 unspecified atom stereocenters. The highest BCUT2D eigenvalue weighted by Crippen LogP contribution is 2.30. The van der Waals surface area contributed by atoms with E-state index in [-0.39, 0.29) is 23.6 Å². The van der Waals surface area contributed by atoms with Gasteiger partial charge in [-0.15, -0.1) is 0 Å². The molecule has 30 heavy (non-hydrogen) atoms. The van der Waals surface area contributed by atoms with Crippen LogP contribution in [0.5, 0.6) is 0 Å². The van der Waals surface area contributed by atoms with Gasteiger partial charge in [-0.05, 0) is 55.2 Å². The van der Waals surface area contributed by atoms with Gasteiger partial charge in [-0.1, -0.05) is 25.0 Å². The molecular formula is C23H22N2O5. The van der Waals surface area contributed by atoms with Gasteiger partial charge >= 0.3 is 5.97 Å². The lowest BCUT2D eigenvalue weighted by Gasteiger charge is -2.28. The number of carboxylic acid groups (broad SMARTS) is 1. The Morgan fingerprint density at radius 2 is 1.53 bits per heavy atom. The molecule has 2 aromatic carbocycles. The number of hydrogen-bond acceptors (Lipinski definition) is 4. The van der Waals surface area contributed by atoms with Gasteiger partial charge in [-0.2, -0.15) is 0 Å². The molecule has 154 valence electrons. The van der Waals surface area contributed by atoms with Gasteiger partial charge in [0.1, 0.15) is 0 Å². The zero-order chi connectivity index (χ0) is 21.3. The zero-order valence-electron chi connectivity index (χ0n) is 16.3. The molecule has 2 aliphatic rings. The minimum absolute atomic E-state index is 0.0715. The second-order valence-corrected chi connectivity index (χ2v) is 7.74. The Balaban J connectivity index is 1.43. The average Bonchev–Trinajstić information content (AvgIpc) is 3.02. The number of imide groups is 1. The molecule has 0 aromatic heterocycles. The van der Waals surface area contributed by atoms with Crippen molar-refractivity contribution in [2.45, 2.75) is 25.7 Å². The van der Waals surface area contributed by atoms with Crippen molar-refractivity contribution in [1.29, 1.82) is 0 Å². The summed E-state index contributed by atoms with van der Waals surface area (Å²) in [5, 5.41) is 12.2. The maximum atomic E-state index is 12.6. The molecule has 7 nitrogen and oxygen atoms in total. The molecule has 1 heterocycles. The van der Waals surface area contributed by atoms with Crippen LogP contribution in [0.15, 0.2) is 48.5 Å². The number of carbonyl (C=O) groups excluding carboxylic acids is 3. The second-order valence-electron chi connectivity index (χ2n) is 7.74. The summed E-state index contributed by atoms with van der Waals surface area (Å²) in [5.74, 6) is -2.37. The molecule has 4 rings (SSSR count). The van der Waals surface area contributed by atoms with Crippen molar-refractivity contribution in [3.05, 3.63) is 65.2 Å². The van der Waals surface area contributed by atoms with E-state index in [1.807, 2.05) is 0 Å². The number of carbonyl (C=O) groups is 4. The van der Waals surface area contributed by atoms with Crippen molar-refractivity contribution in [3.8, 4) is 0 Å². The molecule has 1 aliphatic heterocycles. The van der Waals surface area contributed by atoms with Crippen LogP contribution in [0.2, 0.25) is 0 Å². The summed E-state index contributed by atoms with van der Waals surface area (Å²) in [5.41, 5.74) is 1.52. The fraction of sp³-hybridized carbons (Fsp3) is 0.304. The first-order chi connectivity index (χ1) is 14.5. The van der Waals surface area contributed by atoms with Crippen LogP contribution in [0, 0.1) is 11.8 Å². The molecule has 1 fully saturated rings. The Bertz CT molecular complexity index is 980. The summed E-state index contributed by atoms with van der Waals surface area (Å²) < 4.78 is 0. The molecule has 1 aliphatic carbocycles. The number of rotatable bonds is 5. The standard InChI is InChI=1S/C23H22N2O5/c26-20(24-13-15-5-1-2-6-17(15)23(29)30)14-9-11-16(12-10-14)25-21(27)18-7-3-4-8-19(18)22(25)28/h3-4,7-12,15,17H,1-2,5-6,13H2,(H,24,26)(H,29,30)/t15-,17-/m0/s1. The van der Waals surface area contributed by atoms with Crippen LogP contribution in [0.1, 0.15) is 56.8 Å². The number of fused-ring (bicyclic) bond motifs is 1. The molecule has 1 saturated carbocycles. The van der Waals surface area contributed by atoms with E-state index in [1.54, 1.807) is 48.5 Å². The summed E-state index contributed by atoms with van der Waals surface area (Å²) in [6.45, 7) is 0.315. The number of aliphatic carboxylic acids is 1. The molecule has 0 saturated heterocycles. The topological polar surface area (TPSA) is 104 Å². The molecule has 3 amide bonds. The van der Waals surface area contributed by atoms with E-state index in [0.717, 1.165) is 24.2 Å². The number of hydrogen-bond donors (Lipinski definition) is 2. The van der Waals surface area contributed by atoms with Gasteiger partial charge in [0.15, 0.2) is 0 Å². The van der Waals surface area contributed by atoms with E-state index < -0.39 is 11.9 Å². The van der Waals surface area contributed by atoms with Crippen LogP contribution in [-0.2, 0) is 4.79 Å². The van der Waals surface area contributed by atoms with E-state index >= 15 is 0 Å². The van der Waals surface area contributed by atoms with Crippen LogP contribution >= 0.6 is 0 Å². The second kappa shape index (κ2) is 8.10. The molecular weight excluding hydrogens is 384 g/mol. The highest BCUT2D eigenvalue weighted by atomic mass is 16.4. The van der Waals surface area contributed by atoms with Gasteiger partial charge in [0.05, 0.1) is 22.7 Å². The predicted molar refractivity (Wildman–Crippen MR) is 109 cm³/mol. The lowest BCUT2D eigenvalue weighted by atomic mass is 9.79. The monoisotopic (exact) mass is 406 g/mol. The van der Waals surface area contributed by atoms with Gasteiger partial charge in [-0.3, -0.25) is 19.2 Å². The Labute approximate surface area is 173 Å². The molecule has 0 bridgehead atoms. The normalized spacial score (nSPS) is 20.7. The maximum Gasteiger partial charge on any atom is 0.306 e. The van der Waals surface area contributed by atoms with Crippen molar-refractivity contribution in [2.75, 3.05) is 11.4 Å². The average molecular weight is 406 g/mol. The van der Waals surface area contributed by atoms with Crippen molar-refractivity contribution in [1.82, 2.24) is 5.32 Å². The Morgan fingerprint density at radius 3 is 2.13 bits per heavy atom. The van der Waals surface area contributed by atoms with E-state index in [4.69, 9.17) is 0 Å². The first-order valence-corrected chi connectivity index (χ1v) is 10.1. The molecule has 0 radical (unpaired) electrons. The van der Waals surface area contributed by atoms with E-state index in [2.05, 4.69) is 5.32 Å². The predicted octanol–water partition coefficient (Wildman–Crippen LogP) is 3.11. The Morgan fingerprint density at radius 1 is 0.933 bits per heavy atom. The first kappa shape index (κ1) is 19.8. The van der Waals surface area contributed by atoms with Crippen LogP contribution in [-0.4, -0.2) is 35.3 Å². The minimum atomic E-state index is -0.806. The zero-order valence-corrected chi connectivity index (χ0v) is 16.3. The van der Waals surface area contributed by atoms with Crippen molar-refractivity contribution in [2.24, 2.45) is 11.8 Å². The molecule has 7 heteroatoms. The van der Waals surface area contributed by atoms with Crippen LogP contribution < -0.4 is 10.2 Å². The van der Waals surface area contributed by atoms with E-state index in [0.29, 0.717) is 35.3 Å². The maximum absolute atomic E-state index is 12.6. The highest BCUT2D eigenvalue weighted by Gasteiger charge is 2.36. The number of nitrogens with one attached hydrogen (secondary N) is 1. The third-order valence-electron chi connectivity index (χ3n) is 5.93. The lowest BCUT2D eigenvalue weighted by molar-refractivity contribution is -0.144. The Hall–Kier alpha value is -3.48. The van der Waals surface area contributed by atoms with Gasteiger partial charge in [0, 0.05) is 12.1 Å². The third kappa shape index (κ3) is 3.58. The lowest BCUT2D eigenvalue weighted by Crippen LogP contribution is -2.37. The third-order valence-corrected chi connectivity index (χ3v) is 5.93. The number of anilines is 1. The fourth-order valence-corrected chi connectivity index (χ4v) is 4.29. The van der Waals surface area contributed by atoms with Crippen molar-refractivity contribution in [3.63, 3.8) is 0 Å². The summed E-state index contributed by atoms with van der Waals surface area (Å²) in [6, 6.07) is 12.9. The summed E-state index contributed by atoms with van der Waals surface area (Å²) in [6.07, 6.45) is 3.31. The Kier molecular flexibility index (Phi) is 5.35. The summed E-state index contributed by atoms with van der Waals surface area (Å²) in [7, 11) is 0. The number of carboxylic acids is 1. The van der Waals surface area contributed by atoms with E-state index in [1.165, 1.54) is 0 Å².